The summed E-state index contributed by atoms with van der Waals surface area (Å²) in [5, 5.41) is 21.0. The Balaban J connectivity index is -0.000000123. The number of halogens is 5. The van der Waals surface area contributed by atoms with Crippen LogP contribution in [-0.4, -0.2) is 36.6 Å². The molecule has 3 nitrogen and oxygen atoms in total. The Kier molecular flexibility index (Phi) is 23.9. The summed E-state index contributed by atoms with van der Waals surface area (Å²) in [7, 11) is 3.00. The van der Waals surface area contributed by atoms with Crippen molar-refractivity contribution in [3.8, 4) is 0 Å². The van der Waals surface area contributed by atoms with E-state index in [9.17, 15) is 22.0 Å². The van der Waals surface area contributed by atoms with Crippen molar-refractivity contribution in [2.45, 2.75) is 0 Å². The average Bonchev–Trinajstić information content (AvgIpc) is 2.41. The molecule has 0 aromatic heterocycles. The molecule has 0 spiro atoms. The molecule has 0 saturated carbocycles. The van der Waals surface area contributed by atoms with Gasteiger partial charge in [0.15, 0.2) is 0 Å². The van der Waals surface area contributed by atoms with E-state index in [1.807, 2.05) is 0 Å². The van der Waals surface area contributed by atoms with Crippen LogP contribution in [0, 0.1) is 35.2 Å². The first-order valence-corrected chi connectivity index (χ1v) is 3.79. The van der Waals surface area contributed by atoms with Gasteiger partial charge in [0.25, 0.3) is 0 Å². The van der Waals surface area contributed by atoms with E-state index < -0.39 is 29.1 Å². The molecule has 1 aromatic carbocycles. The van der Waals surface area contributed by atoms with Crippen molar-refractivity contribution in [3.63, 3.8) is 0 Å². The summed E-state index contributed by atoms with van der Waals surface area (Å²) in [5.41, 5.74) is 0. The summed E-state index contributed by atoms with van der Waals surface area (Å²) in [5.74, 6) is -10.0. The van der Waals surface area contributed by atoms with Crippen LogP contribution in [0.15, 0.2) is 0 Å². The number of hydrogen-bond acceptors (Lipinski definition) is 3. The maximum atomic E-state index is 12.0. The van der Waals surface area contributed by atoms with Gasteiger partial charge in [0.2, 0.25) is 0 Å². The Bertz CT molecular complexity index is 286. The molecule has 0 radical (unpaired) electrons. The number of benzene rings is 1. The Hall–Kier alpha value is -0.536. The molecule has 0 amide bonds. The SMILES string of the molecule is CO.CO.CO.Fc1[c-]c(F)c(F)c(F)c1F.[Ti]. The Morgan fingerprint density at radius 3 is 1.06 bits per heavy atom. The maximum Gasteiger partial charge on any atom is 0.0893 e. The molecule has 1 aromatic rings. The third-order valence-corrected chi connectivity index (χ3v) is 0.990. The predicted octanol–water partition coefficient (Wildman–Crippen LogP) is 1.01. The van der Waals surface area contributed by atoms with Crippen LogP contribution in [0.1, 0.15) is 0 Å². The second-order valence-corrected chi connectivity index (χ2v) is 1.69. The largest absolute Gasteiger partial charge is 0.400 e. The minimum absolute atomic E-state index is 0. The molecule has 106 valence electrons. The minimum Gasteiger partial charge on any atom is -0.400 e. The van der Waals surface area contributed by atoms with Crippen LogP contribution in [0.5, 0.6) is 0 Å². The first-order chi connectivity index (χ1) is 8.04. The summed E-state index contributed by atoms with van der Waals surface area (Å²) in [6.07, 6.45) is 0. The molecule has 9 heteroatoms. The normalized spacial score (nSPS) is 7.28. The Morgan fingerprint density at radius 2 is 0.833 bits per heavy atom. The zero-order chi connectivity index (χ0) is 14.6. The second kappa shape index (κ2) is 16.5. The van der Waals surface area contributed by atoms with E-state index in [4.69, 9.17) is 15.3 Å². The Morgan fingerprint density at radius 1 is 0.611 bits per heavy atom. The summed E-state index contributed by atoms with van der Waals surface area (Å²) in [6, 6.07) is 1.02. The maximum absolute atomic E-state index is 12.0. The van der Waals surface area contributed by atoms with Crippen molar-refractivity contribution in [1.29, 1.82) is 0 Å². The van der Waals surface area contributed by atoms with Gasteiger partial charge in [-0.25, -0.2) is 13.2 Å². The van der Waals surface area contributed by atoms with Gasteiger partial charge in [-0.15, -0.1) is 6.07 Å². The molecule has 0 aliphatic rings. The molecular weight excluding hydrogens is 299 g/mol. The van der Waals surface area contributed by atoms with Gasteiger partial charge in [-0.1, -0.05) is 0 Å². The number of hydrogen-bond donors (Lipinski definition) is 3. The predicted molar refractivity (Wildman–Crippen MR) is 49.5 cm³/mol. The molecule has 0 atom stereocenters. The van der Waals surface area contributed by atoms with Gasteiger partial charge >= 0.3 is 0 Å². The second-order valence-electron chi connectivity index (χ2n) is 1.69. The molecule has 1 rings (SSSR count). The van der Waals surface area contributed by atoms with Gasteiger partial charge in [-0.2, -0.15) is 0 Å². The van der Waals surface area contributed by atoms with Gasteiger partial charge in [-0.05, 0) is 0 Å². The monoisotopic (exact) mass is 311 g/mol. The van der Waals surface area contributed by atoms with Crippen molar-refractivity contribution in [2.75, 3.05) is 21.3 Å². The zero-order valence-corrected chi connectivity index (χ0v) is 11.3. The average molecular weight is 311 g/mol. The molecule has 3 N–H and O–H groups in total. The number of aliphatic hydroxyl groups excluding tert-OH is 3. The van der Waals surface area contributed by atoms with Crippen LogP contribution in [0.4, 0.5) is 22.0 Å². The van der Waals surface area contributed by atoms with E-state index in [1.165, 1.54) is 0 Å². The molecule has 18 heavy (non-hydrogen) atoms. The summed E-state index contributed by atoms with van der Waals surface area (Å²) in [6.45, 7) is 0. The van der Waals surface area contributed by atoms with Gasteiger partial charge in [0.1, 0.15) is 0 Å². The first kappa shape index (κ1) is 26.1. The van der Waals surface area contributed by atoms with E-state index in [0.29, 0.717) is 0 Å². The van der Waals surface area contributed by atoms with Crippen LogP contribution in [0.3, 0.4) is 0 Å². The third-order valence-electron chi connectivity index (χ3n) is 0.990. The molecule has 0 aliphatic heterocycles. The molecule has 0 bridgehead atoms. The van der Waals surface area contributed by atoms with Gasteiger partial charge in [0, 0.05) is 43.0 Å². The van der Waals surface area contributed by atoms with Crippen LogP contribution in [-0.2, 0) is 21.7 Å². The van der Waals surface area contributed by atoms with Crippen molar-refractivity contribution in [3.05, 3.63) is 35.2 Å². The fourth-order valence-electron chi connectivity index (χ4n) is 0.495. The molecular formula is C9H12F5O3Ti-. The molecule has 0 aliphatic carbocycles. The van der Waals surface area contributed by atoms with E-state index in [0.717, 1.165) is 27.4 Å². The number of aliphatic hydroxyl groups is 3. The topological polar surface area (TPSA) is 60.7 Å². The van der Waals surface area contributed by atoms with E-state index >= 15 is 0 Å². The molecule has 0 unspecified atom stereocenters. The van der Waals surface area contributed by atoms with Crippen LogP contribution >= 0.6 is 0 Å². The summed E-state index contributed by atoms with van der Waals surface area (Å²) in [4.78, 5) is 0. The summed E-state index contributed by atoms with van der Waals surface area (Å²) < 4.78 is 59.9. The molecule has 0 saturated heterocycles. The van der Waals surface area contributed by atoms with Crippen LogP contribution in [0.2, 0.25) is 0 Å². The number of rotatable bonds is 0. The van der Waals surface area contributed by atoms with Crippen molar-refractivity contribution in [1.82, 2.24) is 0 Å². The quantitative estimate of drug-likeness (QED) is 0.220. The fourth-order valence-corrected chi connectivity index (χ4v) is 0.495. The van der Waals surface area contributed by atoms with Gasteiger partial charge in [-0.3, -0.25) is 8.78 Å². The van der Waals surface area contributed by atoms with Crippen LogP contribution in [0.25, 0.3) is 0 Å². The molecule has 0 fully saturated rings. The minimum atomic E-state index is -2.17. The smallest absolute Gasteiger partial charge is 0.0893 e. The van der Waals surface area contributed by atoms with Crippen LogP contribution < -0.4 is 0 Å². The van der Waals surface area contributed by atoms with Crippen molar-refractivity contribution >= 4 is 0 Å². The van der Waals surface area contributed by atoms with Crippen molar-refractivity contribution < 1.29 is 59.0 Å². The summed E-state index contributed by atoms with van der Waals surface area (Å²) >= 11 is 0. The zero-order valence-electron chi connectivity index (χ0n) is 9.73. The third kappa shape index (κ3) is 8.54. The van der Waals surface area contributed by atoms with Crippen molar-refractivity contribution in [2.24, 2.45) is 0 Å². The standard InChI is InChI=1S/C6F5.3CH4O.Ti/c7-2-1-3(8)5(10)6(11)4(2)9;3*1-2;/h;3*2H,1H3;/q-1;;;;. The van der Waals surface area contributed by atoms with E-state index in [-0.39, 0.29) is 21.7 Å². The van der Waals surface area contributed by atoms with Gasteiger partial charge in [0.05, 0.1) is 29.1 Å². The van der Waals surface area contributed by atoms with E-state index in [1.54, 1.807) is 0 Å². The first-order valence-electron chi connectivity index (χ1n) is 3.79. The molecule has 0 heterocycles. The van der Waals surface area contributed by atoms with E-state index in [2.05, 4.69) is 0 Å². The fraction of sp³-hybridized carbons (Fsp3) is 0.333. The van der Waals surface area contributed by atoms with Gasteiger partial charge < -0.3 is 15.3 Å². The Labute approximate surface area is 116 Å².